The molecule has 0 spiro atoms. The molecule has 1 atom stereocenters. The monoisotopic (exact) mass is 210 g/mol. The summed E-state index contributed by atoms with van der Waals surface area (Å²) in [6.45, 7) is 6.93. The van der Waals surface area contributed by atoms with E-state index in [1.165, 1.54) is 4.68 Å². The molecule has 1 aliphatic heterocycles. The zero-order chi connectivity index (χ0) is 11.1. The van der Waals surface area contributed by atoms with Gasteiger partial charge in [-0.1, -0.05) is 0 Å². The minimum absolute atomic E-state index is 0.119. The van der Waals surface area contributed by atoms with Gasteiger partial charge in [0.05, 0.1) is 11.6 Å². The van der Waals surface area contributed by atoms with Gasteiger partial charge in [-0.25, -0.2) is 9.48 Å². The molecule has 2 N–H and O–H groups in total. The van der Waals surface area contributed by atoms with Gasteiger partial charge in [-0.3, -0.25) is 4.98 Å². The number of hydrogen-bond acceptors (Lipinski definition) is 3. The molecule has 1 aromatic heterocycles. The summed E-state index contributed by atoms with van der Waals surface area (Å²) >= 11 is 0. The predicted molar refractivity (Wildman–Crippen MR) is 57.8 cm³/mol. The number of nitrogens with one attached hydrogen (secondary N) is 2. The van der Waals surface area contributed by atoms with Gasteiger partial charge < -0.3 is 5.32 Å². The fraction of sp³-hybridized carbons (Fsp3) is 0.800. The Morgan fingerprint density at radius 2 is 2.20 bits per heavy atom. The number of aromatic nitrogens is 3. The summed E-state index contributed by atoms with van der Waals surface area (Å²) in [5, 5.41) is 7.67. The largest absolute Gasteiger partial charge is 0.343 e. The summed E-state index contributed by atoms with van der Waals surface area (Å²) in [4.78, 5) is 14.5. The maximum atomic E-state index is 11.7. The van der Waals surface area contributed by atoms with E-state index < -0.39 is 0 Å². The number of nitrogens with zero attached hydrogens (tertiary/aromatic N) is 2. The molecule has 0 amide bonds. The first-order chi connectivity index (χ1) is 6.98. The lowest BCUT2D eigenvalue weighted by atomic mass is 10.1. The molecule has 1 fully saturated rings. The lowest BCUT2D eigenvalue weighted by Gasteiger charge is -2.17. The minimum Gasteiger partial charge on any atom is -0.307 e. The molecule has 0 aromatic carbocycles. The van der Waals surface area contributed by atoms with Crippen LogP contribution in [0.2, 0.25) is 0 Å². The lowest BCUT2D eigenvalue weighted by molar-refractivity contribution is 0.340. The van der Waals surface area contributed by atoms with Crippen LogP contribution in [0.4, 0.5) is 0 Å². The van der Waals surface area contributed by atoms with Gasteiger partial charge in [0.2, 0.25) is 0 Å². The molecule has 0 saturated carbocycles. The fourth-order valence-electron chi connectivity index (χ4n) is 1.87. The van der Waals surface area contributed by atoms with E-state index >= 15 is 0 Å². The fourth-order valence-corrected chi connectivity index (χ4v) is 1.87. The minimum atomic E-state index is -0.259. The highest BCUT2D eigenvalue weighted by Gasteiger charge is 2.24. The molecule has 15 heavy (non-hydrogen) atoms. The van der Waals surface area contributed by atoms with Crippen molar-refractivity contribution in [1.82, 2.24) is 20.1 Å². The van der Waals surface area contributed by atoms with Crippen molar-refractivity contribution < 1.29 is 0 Å². The quantitative estimate of drug-likeness (QED) is 0.719. The summed E-state index contributed by atoms with van der Waals surface area (Å²) in [7, 11) is 0. The lowest BCUT2D eigenvalue weighted by Crippen LogP contribution is -2.33. The smallest absolute Gasteiger partial charge is 0.307 e. The highest BCUT2D eigenvalue weighted by molar-refractivity contribution is 4.96. The molecule has 2 heterocycles. The van der Waals surface area contributed by atoms with Crippen LogP contribution in [0, 0.1) is 0 Å². The topological polar surface area (TPSA) is 62.7 Å². The van der Waals surface area contributed by atoms with E-state index in [0.717, 1.165) is 25.2 Å². The van der Waals surface area contributed by atoms with Gasteiger partial charge >= 0.3 is 5.69 Å². The molecule has 1 saturated heterocycles. The summed E-state index contributed by atoms with van der Waals surface area (Å²) in [6, 6.07) is 0.223. The van der Waals surface area contributed by atoms with Crippen LogP contribution in [-0.2, 0) is 5.54 Å². The molecule has 1 unspecified atom stereocenters. The third kappa shape index (κ3) is 1.97. The van der Waals surface area contributed by atoms with E-state index in [2.05, 4.69) is 15.4 Å². The Morgan fingerprint density at radius 1 is 1.47 bits per heavy atom. The zero-order valence-corrected chi connectivity index (χ0v) is 9.50. The Hall–Kier alpha value is -1.10. The van der Waals surface area contributed by atoms with Crippen molar-refractivity contribution in [3.8, 4) is 0 Å². The van der Waals surface area contributed by atoms with Crippen molar-refractivity contribution in [2.24, 2.45) is 0 Å². The normalized spacial score (nSPS) is 22.2. The van der Waals surface area contributed by atoms with Crippen molar-refractivity contribution in [3.63, 3.8) is 0 Å². The molecule has 1 aliphatic rings. The Labute approximate surface area is 88.9 Å². The number of hydrogen-bond donors (Lipinski definition) is 2. The van der Waals surface area contributed by atoms with Gasteiger partial charge in [-0.15, -0.1) is 0 Å². The second kappa shape index (κ2) is 3.48. The Kier molecular flexibility index (Phi) is 2.42. The van der Waals surface area contributed by atoms with Gasteiger partial charge in [0.25, 0.3) is 0 Å². The van der Waals surface area contributed by atoms with Crippen molar-refractivity contribution in [2.75, 3.05) is 6.54 Å². The van der Waals surface area contributed by atoms with Crippen LogP contribution in [0.25, 0.3) is 0 Å². The van der Waals surface area contributed by atoms with Crippen molar-refractivity contribution in [2.45, 2.75) is 45.2 Å². The molecular formula is C10H18N4O. The van der Waals surface area contributed by atoms with Crippen LogP contribution in [0.1, 0.15) is 45.5 Å². The first-order valence-electron chi connectivity index (χ1n) is 5.41. The van der Waals surface area contributed by atoms with E-state index in [1.54, 1.807) is 0 Å². The van der Waals surface area contributed by atoms with Crippen LogP contribution in [0.5, 0.6) is 0 Å². The standard InChI is InChI=1S/C10H18N4O/c1-10(2,3)14-9(15)12-8(13-14)7-5-4-6-11-7/h7,11H,4-6H2,1-3H3,(H,12,13,15). The van der Waals surface area contributed by atoms with Crippen LogP contribution < -0.4 is 11.0 Å². The number of aromatic amines is 1. The first kappa shape index (κ1) is 10.4. The van der Waals surface area contributed by atoms with Crippen molar-refractivity contribution >= 4 is 0 Å². The van der Waals surface area contributed by atoms with Crippen LogP contribution in [0.15, 0.2) is 4.79 Å². The average Bonchev–Trinajstić information content (AvgIpc) is 2.68. The van der Waals surface area contributed by atoms with Gasteiger partial charge in [0.15, 0.2) is 0 Å². The number of rotatable bonds is 1. The molecule has 1 aromatic rings. The molecule has 5 heteroatoms. The summed E-state index contributed by atoms with van der Waals surface area (Å²) in [6.07, 6.45) is 2.20. The third-order valence-corrected chi connectivity index (χ3v) is 2.66. The average molecular weight is 210 g/mol. The molecule has 0 aliphatic carbocycles. The van der Waals surface area contributed by atoms with Gasteiger partial charge in [-0.05, 0) is 40.2 Å². The highest BCUT2D eigenvalue weighted by atomic mass is 16.2. The Balaban J connectivity index is 2.32. The Bertz CT molecular complexity index is 392. The molecule has 0 radical (unpaired) electrons. The molecule has 84 valence electrons. The SMILES string of the molecule is CC(C)(C)n1nc(C2CCCN2)[nH]c1=O. The van der Waals surface area contributed by atoms with Crippen molar-refractivity contribution in [1.29, 1.82) is 0 Å². The first-order valence-corrected chi connectivity index (χ1v) is 5.41. The summed E-state index contributed by atoms with van der Waals surface area (Å²) in [5.41, 5.74) is -0.379. The van der Waals surface area contributed by atoms with Crippen molar-refractivity contribution in [3.05, 3.63) is 16.3 Å². The summed E-state index contributed by atoms with van der Waals surface area (Å²) < 4.78 is 1.52. The second-order valence-corrected chi connectivity index (χ2v) is 5.05. The van der Waals surface area contributed by atoms with E-state index in [-0.39, 0.29) is 17.3 Å². The zero-order valence-electron chi connectivity index (χ0n) is 9.50. The van der Waals surface area contributed by atoms with Crippen LogP contribution >= 0.6 is 0 Å². The van der Waals surface area contributed by atoms with E-state index in [4.69, 9.17) is 0 Å². The Morgan fingerprint density at radius 3 is 2.67 bits per heavy atom. The molecule has 2 rings (SSSR count). The molecular weight excluding hydrogens is 192 g/mol. The van der Waals surface area contributed by atoms with Gasteiger partial charge in [0, 0.05) is 0 Å². The molecule has 0 bridgehead atoms. The van der Waals surface area contributed by atoms with Gasteiger partial charge in [0.1, 0.15) is 5.82 Å². The van der Waals surface area contributed by atoms with E-state index in [9.17, 15) is 4.79 Å². The molecule has 5 nitrogen and oxygen atoms in total. The second-order valence-electron chi connectivity index (χ2n) is 5.05. The van der Waals surface area contributed by atoms with Crippen LogP contribution in [-0.4, -0.2) is 21.3 Å². The van der Waals surface area contributed by atoms with Crippen LogP contribution in [0.3, 0.4) is 0 Å². The maximum absolute atomic E-state index is 11.7. The van der Waals surface area contributed by atoms with E-state index in [0.29, 0.717) is 0 Å². The predicted octanol–water partition coefficient (Wildman–Crippen LogP) is 0.751. The maximum Gasteiger partial charge on any atom is 0.343 e. The van der Waals surface area contributed by atoms with E-state index in [1.807, 2.05) is 20.8 Å². The van der Waals surface area contributed by atoms with Gasteiger partial charge in [-0.2, -0.15) is 5.10 Å². The third-order valence-electron chi connectivity index (χ3n) is 2.66. The number of H-pyrrole nitrogens is 1. The highest BCUT2D eigenvalue weighted by Crippen LogP contribution is 2.19. The summed E-state index contributed by atoms with van der Waals surface area (Å²) in [5.74, 6) is 0.771.